The van der Waals surface area contributed by atoms with E-state index < -0.39 is 0 Å². The van der Waals surface area contributed by atoms with E-state index in [1.54, 1.807) is 21.3 Å². The van der Waals surface area contributed by atoms with Gasteiger partial charge in [0.05, 0.1) is 44.1 Å². The molecule has 0 saturated carbocycles. The minimum absolute atomic E-state index is 0.183. The number of amides is 1. The molecule has 146 valence electrons. The number of nitrogens with one attached hydrogen (secondary N) is 1. The molecule has 3 aromatic rings. The zero-order valence-corrected chi connectivity index (χ0v) is 16.7. The van der Waals surface area contributed by atoms with Crippen molar-refractivity contribution in [2.24, 2.45) is 0 Å². The number of fused-ring (bicyclic) bond motifs is 1. The van der Waals surface area contributed by atoms with Crippen LogP contribution in [0.15, 0.2) is 42.5 Å². The number of hydrogen-bond donors (Lipinski definition) is 1. The van der Waals surface area contributed by atoms with Gasteiger partial charge in [-0.25, -0.2) is 0 Å². The van der Waals surface area contributed by atoms with Crippen molar-refractivity contribution in [3.63, 3.8) is 0 Å². The Bertz CT molecular complexity index is 1020. The summed E-state index contributed by atoms with van der Waals surface area (Å²) in [7, 11) is 4.79. The fourth-order valence-electron chi connectivity index (χ4n) is 3.09. The van der Waals surface area contributed by atoms with Crippen LogP contribution in [-0.2, 0) is 0 Å². The topological polar surface area (TPSA) is 69.7 Å². The van der Waals surface area contributed by atoms with Crippen LogP contribution >= 0.6 is 0 Å². The molecule has 0 aliphatic rings. The zero-order valence-electron chi connectivity index (χ0n) is 16.7. The number of methoxy groups -OCH3 is 3. The molecule has 3 rings (SSSR count). The molecule has 0 aliphatic carbocycles. The summed E-state index contributed by atoms with van der Waals surface area (Å²) in [5.41, 5.74) is 2.95. The predicted octanol–water partition coefficient (Wildman–Crippen LogP) is 4.06. The van der Waals surface area contributed by atoms with Crippen molar-refractivity contribution in [2.45, 2.75) is 19.9 Å². The summed E-state index contributed by atoms with van der Waals surface area (Å²) in [6, 6.07) is 12.8. The minimum atomic E-state index is -0.215. The third kappa shape index (κ3) is 3.86. The van der Waals surface area contributed by atoms with Crippen molar-refractivity contribution in [1.82, 2.24) is 10.3 Å². The number of aryl methyl sites for hydroxylation is 1. The number of benzene rings is 2. The van der Waals surface area contributed by atoms with Crippen molar-refractivity contribution in [3.8, 4) is 17.2 Å². The molecular weight excluding hydrogens is 356 g/mol. The summed E-state index contributed by atoms with van der Waals surface area (Å²) in [5, 5.41) is 3.88. The lowest BCUT2D eigenvalue weighted by Gasteiger charge is -2.17. The van der Waals surface area contributed by atoms with E-state index in [1.165, 1.54) is 0 Å². The maximum Gasteiger partial charge on any atom is 0.253 e. The van der Waals surface area contributed by atoms with Gasteiger partial charge in [-0.2, -0.15) is 0 Å². The van der Waals surface area contributed by atoms with Gasteiger partial charge in [-0.15, -0.1) is 0 Å². The summed E-state index contributed by atoms with van der Waals surface area (Å²) in [6.07, 6.45) is 0. The Morgan fingerprint density at radius 1 is 0.964 bits per heavy atom. The Kier molecular flexibility index (Phi) is 5.68. The number of carbonyl (C=O) groups excluding carboxylic acids is 1. The normalized spacial score (nSPS) is 11.8. The van der Waals surface area contributed by atoms with Crippen LogP contribution in [0.25, 0.3) is 10.9 Å². The second-order valence-electron chi connectivity index (χ2n) is 6.49. The third-order valence-electron chi connectivity index (χ3n) is 4.71. The van der Waals surface area contributed by atoms with E-state index in [9.17, 15) is 4.79 Å². The first-order valence-corrected chi connectivity index (χ1v) is 8.95. The van der Waals surface area contributed by atoms with E-state index in [0.717, 1.165) is 22.2 Å². The summed E-state index contributed by atoms with van der Waals surface area (Å²) in [6.45, 7) is 3.76. The van der Waals surface area contributed by atoms with Crippen LogP contribution in [0, 0.1) is 6.92 Å². The molecule has 1 atom stereocenters. The van der Waals surface area contributed by atoms with Crippen LogP contribution in [0.3, 0.4) is 0 Å². The summed E-state index contributed by atoms with van der Waals surface area (Å²) < 4.78 is 15.9. The SMILES string of the molecule is COc1ccc2nc(C)c(C(=O)NC(C)c3ccc(OC)c(OC)c3)cc2c1. The quantitative estimate of drug-likeness (QED) is 0.698. The van der Waals surface area contributed by atoms with Gasteiger partial charge in [0.1, 0.15) is 5.75 Å². The lowest BCUT2D eigenvalue weighted by molar-refractivity contribution is 0.0939. The Morgan fingerprint density at radius 3 is 2.39 bits per heavy atom. The second-order valence-corrected chi connectivity index (χ2v) is 6.49. The summed E-state index contributed by atoms with van der Waals surface area (Å²) in [5.74, 6) is 1.81. The van der Waals surface area contributed by atoms with Gasteiger partial charge >= 0.3 is 0 Å². The van der Waals surface area contributed by atoms with E-state index in [1.807, 2.05) is 56.3 Å². The number of hydrogen-bond acceptors (Lipinski definition) is 5. The molecular formula is C22H24N2O4. The van der Waals surface area contributed by atoms with Crippen LogP contribution in [-0.4, -0.2) is 32.2 Å². The first kappa shape index (κ1) is 19.5. The van der Waals surface area contributed by atoms with Crippen LogP contribution in [0.5, 0.6) is 17.2 Å². The molecule has 0 saturated heterocycles. The van der Waals surface area contributed by atoms with Crippen molar-refractivity contribution in [3.05, 3.63) is 59.3 Å². The van der Waals surface area contributed by atoms with Gasteiger partial charge in [0.25, 0.3) is 5.91 Å². The van der Waals surface area contributed by atoms with Gasteiger partial charge in [-0.05, 0) is 55.8 Å². The molecule has 0 radical (unpaired) electrons. The number of carbonyl (C=O) groups is 1. The molecule has 0 aliphatic heterocycles. The highest BCUT2D eigenvalue weighted by Crippen LogP contribution is 2.30. The Morgan fingerprint density at radius 2 is 1.71 bits per heavy atom. The zero-order chi connectivity index (χ0) is 20.3. The predicted molar refractivity (Wildman–Crippen MR) is 108 cm³/mol. The van der Waals surface area contributed by atoms with Crippen molar-refractivity contribution >= 4 is 16.8 Å². The fourth-order valence-corrected chi connectivity index (χ4v) is 3.09. The standard InChI is InChI=1S/C22H24N2O4/c1-13(15-6-9-20(27-4)21(12-15)28-5)24-22(25)18-11-16-10-17(26-3)7-8-19(16)23-14(18)2/h6-13H,1-5H3,(H,24,25). The Labute approximate surface area is 164 Å². The monoisotopic (exact) mass is 380 g/mol. The number of nitrogens with zero attached hydrogens (tertiary/aromatic N) is 1. The van der Waals surface area contributed by atoms with Crippen LogP contribution < -0.4 is 19.5 Å². The minimum Gasteiger partial charge on any atom is -0.497 e. The number of pyridine rings is 1. The van der Waals surface area contributed by atoms with Gasteiger partial charge in [0.15, 0.2) is 11.5 Å². The molecule has 0 bridgehead atoms. The van der Waals surface area contributed by atoms with Crippen LogP contribution in [0.1, 0.15) is 34.6 Å². The first-order chi connectivity index (χ1) is 13.5. The first-order valence-electron chi connectivity index (χ1n) is 8.95. The van der Waals surface area contributed by atoms with Gasteiger partial charge in [0, 0.05) is 5.39 Å². The Balaban J connectivity index is 1.86. The highest BCUT2D eigenvalue weighted by atomic mass is 16.5. The lowest BCUT2D eigenvalue weighted by atomic mass is 10.1. The molecule has 6 nitrogen and oxygen atoms in total. The number of aromatic nitrogens is 1. The average molecular weight is 380 g/mol. The van der Waals surface area contributed by atoms with Gasteiger partial charge < -0.3 is 19.5 Å². The van der Waals surface area contributed by atoms with E-state index in [4.69, 9.17) is 14.2 Å². The average Bonchev–Trinajstić information content (AvgIpc) is 2.72. The number of ether oxygens (including phenoxy) is 3. The highest BCUT2D eigenvalue weighted by molar-refractivity contribution is 5.99. The summed E-state index contributed by atoms with van der Waals surface area (Å²) in [4.78, 5) is 17.4. The fraction of sp³-hybridized carbons (Fsp3) is 0.273. The van der Waals surface area contributed by atoms with Crippen LogP contribution in [0.4, 0.5) is 0 Å². The van der Waals surface area contributed by atoms with E-state index in [0.29, 0.717) is 22.8 Å². The molecule has 2 aromatic carbocycles. The van der Waals surface area contributed by atoms with Crippen LogP contribution in [0.2, 0.25) is 0 Å². The van der Waals surface area contributed by atoms with Gasteiger partial charge in [-0.3, -0.25) is 9.78 Å². The maximum atomic E-state index is 12.9. The molecule has 1 N–H and O–H groups in total. The molecule has 6 heteroatoms. The van der Waals surface area contributed by atoms with Crippen molar-refractivity contribution in [1.29, 1.82) is 0 Å². The molecule has 1 heterocycles. The van der Waals surface area contributed by atoms with E-state index >= 15 is 0 Å². The third-order valence-corrected chi connectivity index (χ3v) is 4.71. The maximum absolute atomic E-state index is 12.9. The van der Waals surface area contributed by atoms with E-state index in [2.05, 4.69) is 10.3 Å². The smallest absolute Gasteiger partial charge is 0.253 e. The van der Waals surface area contributed by atoms with E-state index in [-0.39, 0.29) is 11.9 Å². The largest absolute Gasteiger partial charge is 0.497 e. The molecule has 28 heavy (non-hydrogen) atoms. The van der Waals surface area contributed by atoms with Gasteiger partial charge in [0.2, 0.25) is 0 Å². The molecule has 0 spiro atoms. The molecule has 1 aromatic heterocycles. The Hall–Kier alpha value is -3.28. The molecule has 1 unspecified atom stereocenters. The second kappa shape index (κ2) is 8.17. The van der Waals surface area contributed by atoms with Crippen molar-refractivity contribution in [2.75, 3.05) is 21.3 Å². The lowest BCUT2D eigenvalue weighted by Crippen LogP contribution is -2.27. The molecule has 1 amide bonds. The van der Waals surface area contributed by atoms with Gasteiger partial charge in [-0.1, -0.05) is 6.07 Å². The summed E-state index contributed by atoms with van der Waals surface area (Å²) >= 11 is 0. The van der Waals surface area contributed by atoms with Crippen molar-refractivity contribution < 1.29 is 19.0 Å². The number of rotatable bonds is 6. The molecule has 0 fully saturated rings. The highest BCUT2D eigenvalue weighted by Gasteiger charge is 2.17.